The number of carbonyl (C=O) groups is 2. The lowest BCUT2D eigenvalue weighted by molar-refractivity contribution is -0.136. The van der Waals surface area contributed by atoms with E-state index in [0.29, 0.717) is 16.7 Å². The van der Waals surface area contributed by atoms with Crippen LogP contribution >= 0.6 is 0 Å². The van der Waals surface area contributed by atoms with Crippen molar-refractivity contribution in [3.05, 3.63) is 102 Å². The number of rotatable bonds is 10. The summed E-state index contributed by atoms with van der Waals surface area (Å²) in [6.07, 6.45) is 6.05. The predicted octanol–water partition coefficient (Wildman–Crippen LogP) is 2.36. The van der Waals surface area contributed by atoms with Crippen molar-refractivity contribution in [1.82, 2.24) is 24.7 Å². The van der Waals surface area contributed by atoms with Crippen molar-refractivity contribution in [1.29, 1.82) is 0 Å². The van der Waals surface area contributed by atoms with Crippen molar-refractivity contribution in [3.8, 4) is 0 Å². The molecule has 3 aromatic rings. The second kappa shape index (κ2) is 14.6. The molecule has 2 N–H and O–H groups in total. The molecule has 0 aliphatic carbocycles. The van der Waals surface area contributed by atoms with Crippen molar-refractivity contribution in [3.63, 3.8) is 0 Å². The number of halogens is 1. The highest BCUT2D eigenvalue weighted by atomic mass is 19.1. The van der Waals surface area contributed by atoms with Gasteiger partial charge in [0.1, 0.15) is 22.1 Å². The van der Waals surface area contributed by atoms with E-state index in [1.807, 2.05) is 32.0 Å². The van der Waals surface area contributed by atoms with E-state index < -0.39 is 22.5 Å². The SMILES string of the molecule is CC(C)C(=O)N1CCN(CCCN2C=NC(C)(/C=c3\[nH]c(=O)/c(=C/c4cccc(C(=O)c5ccc(F)cc5)c4)[nH]c3=O)C2C(C)C)CC1. The van der Waals surface area contributed by atoms with E-state index in [-0.39, 0.29) is 40.3 Å². The lowest BCUT2D eigenvalue weighted by Gasteiger charge is -2.37. The molecule has 1 saturated heterocycles. The van der Waals surface area contributed by atoms with Gasteiger partial charge in [-0.2, -0.15) is 0 Å². The molecule has 5 rings (SSSR count). The molecule has 48 heavy (non-hydrogen) atoms. The summed E-state index contributed by atoms with van der Waals surface area (Å²) in [5.74, 6) is -0.265. The molecule has 2 atom stereocenters. The number of hydrogen-bond donors (Lipinski definition) is 2. The average Bonchev–Trinajstić information content (AvgIpc) is 3.39. The van der Waals surface area contributed by atoms with Crippen molar-refractivity contribution in [2.45, 2.75) is 52.6 Å². The minimum Gasteiger partial charge on any atom is -0.357 e. The van der Waals surface area contributed by atoms with Gasteiger partial charge in [-0.15, -0.1) is 0 Å². The summed E-state index contributed by atoms with van der Waals surface area (Å²) in [7, 11) is 0. The van der Waals surface area contributed by atoms with Crippen molar-refractivity contribution >= 4 is 30.2 Å². The smallest absolute Gasteiger partial charge is 0.272 e. The molecule has 1 amide bonds. The van der Waals surface area contributed by atoms with Gasteiger partial charge in [-0.1, -0.05) is 45.9 Å². The van der Waals surface area contributed by atoms with Crippen LogP contribution < -0.4 is 21.8 Å². The predicted molar refractivity (Wildman–Crippen MR) is 186 cm³/mol. The first-order valence-electron chi connectivity index (χ1n) is 16.6. The lowest BCUT2D eigenvalue weighted by Crippen LogP contribution is -2.52. The fourth-order valence-electron chi connectivity index (χ4n) is 6.79. The Labute approximate surface area is 279 Å². The number of aromatic amines is 2. The van der Waals surface area contributed by atoms with Crippen LogP contribution in [0.25, 0.3) is 12.2 Å². The fraction of sp³-hybridized carbons (Fsp3) is 0.432. The Balaban J connectivity index is 1.29. The minimum atomic E-state index is -0.743. The van der Waals surface area contributed by atoms with Crippen molar-refractivity contribution in [2.75, 3.05) is 39.3 Å². The highest BCUT2D eigenvalue weighted by molar-refractivity contribution is 6.09. The standard InChI is InChI=1S/C37H45FN6O4/c1-24(2)33-37(5,39-23-44(33)15-7-14-42-16-18-43(19-17-42)36(48)25(3)4)22-31-35(47)40-30(34(46)41-31)21-26-8-6-9-28(20-26)32(45)27-10-12-29(38)13-11-27/h6,8-13,20-25,33H,7,14-19H2,1-5H3,(H,40,47)(H,41,46)/b30-21-,31-22-. The van der Waals surface area contributed by atoms with Gasteiger partial charge in [-0.3, -0.25) is 29.1 Å². The normalized spacial score (nSPS) is 20.8. The lowest BCUT2D eigenvalue weighted by atomic mass is 9.84. The van der Waals surface area contributed by atoms with Crippen LogP contribution in [0, 0.1) is 17.7 Å². The monoisotopic (exact) mass is 656 g/mol. The molecule has 10 nitrogen and oxygen atoms in total. The summed E-state index contributed by atoms with van der Waals surface area (Å²) in [6, 6.07) is 12.0. The minimum absolute atomic E-state index is 0.0199. The molecule has 2 unspecified atom stereocenters. The number of ketones is 1. The summed E-state index contributed by atoms with van der Waals surface area (Å²) in [4.78, 5) is 68.5. The third-order valence-corrected chi connectivity index (χ3v) is 9.13. The third kappa shape index (κ3) is 7.90. The Morgan fingerprint density at radius 3 is 2.27 bits per heavy atom. The topological polar surface area (TPSA) is 122 Å². The van der Waals surface area contributed by atoms with Crippen molar-refractivity contribution < 1.29 is 14.0 Å². The van der Waals surface area contributed by atoms with Crippen LogP contribution in [0.2, 0.25) is 0 Å². The number of amides is 1. The van der Waals surface area contributed by atoms with E-state index in [4.69, 9.17) is 4.99 Å². The number of aromatic nitrogens is 2. The average molecular weight is 657 g/mol. The highest BCUT2D eigenvalue weighted by Gasteiger charge is 2.41. The Morgan fingerprint density at radius 2 is 1.60 bits per heavy atom. The van der Waals surface area contributed by atoms with Crippen LogP contribution in [0.4, 0.5) is 4.39 Å². The molecule has 0 radical (unpaired) electrons. The number of nitrogens with zero attached hydrogens (tertiary/aromatic N) is 4. The Hall–Kier alpha value is -4.64. The summed E-state index contributed by atoms with van der Waals surface area (Å²) in [5, 5.41) is 0.193. The Morgan fingerprint density at radius 1 is 0.938 bits per heavy atom. The summed E-state index contributed by atoms with van der Waals surface area (Å²) in [5.41, 5.74) is -0.407. The molecule has 0 saturated carbocycles. The van der Waals surface area contributed by atoms with Gasteiger partial charge in [-0.05, 0) is 73.9 Å². The zero-order chi connectivity index (χ0) is 34.6. The second-order valence-electron chi connectivity index (χ2n) is 13.6. The number of aliphatic imine (C=N–C) groups is 1. The van der Waals surface area contributed by atoms with Gasteiger partial charge in [-0.25, -0.2) is 4.39 Å². The molecular formula is C37H45FN6O4. The number of carbonyl (C=O) groups excluding carboxylic acids is 2. The molecule has 1 fully saturated rings. The van der Waals surface area contributed by atoms with Crippen molar-refractivity contribution in [2.24, 2.45) is 16.8 Å². The second-order valence-corrected chi connectivity index (χ2v) is 13.6. The number of H-pyrrole nitrogens is 2. The van der Waals surface area contributed by atoms with Crippen LogP contribution in [-0.2, 0) is 4.79 Å². The number of hydrogen-bond acceptors (Lipinski definition) is 7. The van der Waals surface area contributed by atoms with Gasteiger partial charge in [0, 0.05) is 49.8 Å². The van der Waals surface area contributed by atoms with Gasteiger partial charge in [0.05, 0.1) is 12.4 Å². The van der Waals surface area contributed by atoms with E-state index in [1.165, 1.54) is 30.3 Å². The van der Waals surface area contributed by atoms with Crippen LogP contribution in [-0.4, -0.2) is 93.5 Å². The molecule has 254 valence electrons. The van der Waals surface area contributed by atoms with Gasteiger partial charge in [0.25, 0.3) is 11.1 Å². The van der Waals surface area contributed by atoms with Crippen LogP contribution in [0.5, 0.6) is 0 Å². The van der Waals surface area contributed by atoms with E-state index >= 15 is 0 Å². The zero-order valence-corrected chi connectivity index (χ0v) is 28.3. The maximum Gasteiger partial charge on any atom is 0.272 e. The van der Waals surface area contributed by atoms with E-state index in [0.717, 1.165) is 45.7 Å². The number of benzene rings is 2. The van der Waals surface area contributed by atoms with E-state index in [1.54, 1.807) is 30.3 Å². The fourth-order valence-corrected chi connectivity index (χ4v) is 6.79. The maximum absolute atomic E-state index is 13.3. The molecule has 11 heteroatoms. The molecule has 2 aliphatic heterocycles. The third-order valence-electron chi connectivity index (χ3n) is 9.13. The van der Waals surface area contributed by atoms with Gasteiger partial charge in [0.2, 0.25) is 5.91 Å². The van der Waals surface area contributed by atoms with Crippen LogP contribution in [0.3, 0.4) is 0 Å². The largest absolute Gasteiger partial charge is 0.357 e. The van der Waals surface area contributed by atoms with Crippen LogP contribution in [0.15, 0.2) is 63.1 Å². The first-order valence-corrected chi connectivity index (χ1v) is 16.6. The molecule has 3 heterocycles. The number of nitrogens with one attached hydrogen (secondary N) is 2. The molecule has 1 aromatic heterocycles. The Kier molecular flexibility index (Phi) is 10.6. The first-order chi connectivity index (χ1) is 22.8. The quantitative estimate of drug-likeness (QED) is 0.324. The first kappa shape index (κ1) is 34.7. The summed E-state index contributed by atoms with van der Waals surface area (Å²) in [6.45, 7) is 15.1. The van der Waals surface area contributed by atoms with Gasteiger partial charge in [0.15, 0.2) is 5.78 Å². The molecule has 2 aliphatic rings. The van der Waals surface area contributed by atoms with Crippen LogP contribution in [0.1, 0.15) is 62.5 Å². The molecule has 0 spiro atoms. The summed E-state index contributed by atoms with van der Waals surface area (Å²) < 4.78 is 13.3. The summed E-state index contributed by atoms with van der Waals surface area (Å²) >= 11 is 0. The maximum atomic E-state index is 13.3. The Bertz CT molecular complexity index is 1910. The van der Waals surface area contributed by atoms with E-state index in [9.17, 15) is 23.6 Å². The number of piperazine rings is 1. The van der Waals surface area contributed by atoms with Gasteiger partial charge >= 0.3 is 0 Å². The zero-order valence-electron chi connectivity index (χ0n) is 28.3. The molecule has 2 aromatic carbocycles. The van der Waals surface area contributed by atoms with E-state index in [2.05, 4.69) is 33.6 Å². The molecule has 0 bridgehead atoms. The molecular weight excluding hydrogens is 611 g/mol. The van der Waals surface area contributed by atoms with Gasteiger partial charge < -0.3 is 19.8 Å². The highest BCUT2D eigenvalue weighted by Crippen LogP contribution is 2.32.